The van der Waals surface area contributed by atoms with Crippen LogP contribution in [0.25, 0.3) is 0 Å². The molecule has 2 unspecified atom stereocenters. The van der Waals surface area contributed by atoms with Gasteiger partial charge in [-0.1, -0.05) is 0 Å². The summed E-state index contributed by atoms with van der Waals surface area (Å²) in [6, 6.07) is -0.559. The van der Waals surface area contributed by atoms with Crippen LogP contribution in [0.4, 0.5) is 0 Å². The number of hydrogen-bond donors (Lipinski definition) is 4. The fourth-order valence-corrected chi connectivity index (χ4v) is 2.27. The molecular weight excluding hydrogens is 209 g/mol. The van der Waals surface area contributed by atoms with Crippen LogP contribution in [0.2, 0.25) is 0 Å². The average molecular weight is 223 g/mol. The van der Waals surface area contributed by atoms with Gasteiger partial charge in [-0.15, -0.1) is 0 Å². The summed E-state index contributed by atoms with van der Waals surface area (Å²) >= 11 is 0. The van der Waals surface area contributed by atoms with Crippen LogP contribution < -0.4 is 5.32 Å². The molecule has 7 heteroatoms. The fourth-order valence-electron chi connectivity index (χ4n) is 1.57. The van der Waals surface area contributed by atoms with Gasteiger partial charge in [0, 0.05) is 0 Å². The Morgan fingerprint density at radius 3 is 2.57 bits per heavy atom. The van der Waals surface area contributed by atoms with Gasteiger partial charge in [-0.05, 0) is 25.3 Å². The molecule has 0 radical (unpaired) electrons. The van der Waals surface area contributed by atoms with Crippen molar-refractivity contribution in [2.45, 2.75) is 18.9 Å². The van der Waals surface area contributed by atoms with E-state index in [1.807, 2.05) is 0 Å². The van der Waals surface area contributed by atoms with Gasteiger partial charge in [-0.25, -0.2) is 0 Å². The molecule has 4 N–H and O–H groups in total. The second kappa shape index (κ2) is 4.40. The number of nitrogens with one attached hydrogen (secondary N) is 1. The van der Waals surface area contributed by atoms with Gasteiger partial charge in [0.05, 0.1) is 6.16 Å². The quantitative estimate of drug-likeness (QED) is 0.484. The highest BCUT2D eigenvalue weighted by molar-refractivity contribution is 7.51. The Bertz CT molecular complexity index is 263. The molecule has 1 aliphatic heterocycles. The highest BCUT2D eigenvalue weighted by Gasteiger charge is 2.30. The summed E-state index contributed by atoms with van der Waals surface area (Å²) in [6.07, 6.45) is 0.669. The monoisotopic (exact) mass is 223 g/mol. The number of hydrogen-bond acceptors (Lipinski definition) is 3. The van der Waals surface area contributed by atoms with E-state index in [4.69, 9.17) is 14.9 Å². The molecule has 0 aromatic heterocycles. The SMILES string of the molecule is O=C(O)C1CC(CCP(=O)(O)O)CN1. The van der Waals surface area contributed by atoms with Crippen molar-refractivity contribution in [1.82, 2.24) is 5.32 Å². The Morgan fingerprint density at radius 2 is 2.14 bits per heavy atom. The molecule has 6 nitrogen and oxygen atoms in total. The van der Waals surface area contributed by atoms with Crippen molar-refractivity contribution in [1.29, 1.82) is 0 Å². The van der Waals surface area contributed by atoms with Gasteiger partial charge < -0.3 is 20.2 Å². The lowest BCUT2D eigenvalue weighted by atomic mass is 10.0. The van der Waals surface area contributed by atoms with Crippen LogP contribution in [-0.4, -0.2) is 39.6 Å². The Labute approximate surface area is 81.5 Å². The molecule has 0 saturated carbocycles. The third-order valence-electron chi connectivity index (χ3n) is 2.35. The second-order valence-corrected chi connectivity index (χ2v) is 5.35. The zero-order valence-electron chi connectivity index (χ0n) is 7.59. The first kappa shape index (κ1) is 11.7. The lowest BCUT2D eigenvalue weighted by Crippen LogP contribution is -2.29. The molecule has 1 rings (SSSR count). The van der Waals surface area contributed by atoms with Gasteiger partial charge in [0.1, 0.15) is 6.04 Å². The van der Waals surface area contributed by atoms with Gasteiger partial charge >= 0.3 is 13.6 Å². The lowest BCUT2D eigenvalue weighted by molar-refractivity contribution is -0.139. The first-order chi connectivity index (χ1) is 6.38. The molecule has 1 fully saturated rings. The molecule has 0 aromatic carbocycles. The smallest absolute Gasteiger partial charge is 0.325 e. The Kier molecular flexibility index (Phi) is 3.66. The Balaban J connectivity index is 2.30. The molecule has 0 amide bonds. The number of aliphatic carboxylic acids is 1. The van der Waals surface area contributed by atoms with Crippen molar-refractivity contribution in [3.8, 4) is 0 Å². The van der Waals surface area contributed by atoms with E-state index in [0.717, 1.165) is 0 Å². The van der Waals surface area contributed by atoms with E-state index in [1.165, 1.54) is 0 Å². The molecule has 82 valence electrons. The number of carbonyl (C=O) groups is 1. The van der Waals surface area contributed by atoms with E-state index >= 15 is 0 Å². The minimum atomic E-state index is -3.94. The van der Waals surface area contributed by atoms with Crippen LogP contribution in [0.15, 0.2) is 0 Å². The van der Waals surface area contributed by atoms with E-state index in [0.29, 0.717) is 19.4 Å². The van der Waals surface area contributed by atoms with E-state index < -0.39 is 19.6 Å². The van der Waals surface area contributed by atoms with Crippen LogP contribution in [0.1, 0.15) is 12.8 Å². The number of carboxylic acids is 1. The average Bonchev–Trinajstić information content (AvgIpc) is 2.47. The number of carboxylic acid groups (broad SMARTS) is 1. The topological polar surface area (TPSA) is 107 Å². The summed E-state index contributed by atoms with van der Waals surface area (Å²) in [7, 11) is -3.94. The largest absolute Gasteiger partial charge is 0.480 e. The molecule has 0 aliphatic carbocycles. The summed E-state index contributed by atoms with van der Waals surface area (Å²) in [5.41, 5.74) is 0. The first-order valence-electron chi connectivity index (χ1n) is 4.39. The van der Waals surface area contributed by atoms with Crippen LogP contribution in [0, 0.1) is 5.92 Å². The summed E-state index contributed by atoms with van der Waals surface area (Å²) in [6.45, 7) is 0.525. The van der Waals surface area contributed by atoms with Crippen LogP contribution in [-0.2, 0) is 9.36 Å². The van der Waals surface area contributed by atoms with Gasteiger partial charge in [0.2, 0.25) is 0 Å². The summed E-state index contributed by atoms with van der Waals surface area (Å²) < 4.78 is 10.6. The lowest BCUT2D eigenvalue weighted by Gasteiger charge is -2.08. The summed E-state index contributed by atoms with van der Waals surface area (Å²) in [5.74, 6) is -0.840. The van der Waals surface area contributed by atoms with Crippen molar-refractivity contribution >= 4 is 13.6 Å². The van der Waals surface area contributed by atoms with Gasteiger partial charge in [-0.3, -0.25) is 9.36 Å². The van der Waals surface area contributed by atoms with E-state index in [2.05, 4.69) is 5.32 Å². The van der Waals surface area contributed by atoms with E-state index in [-0.39, 0.29) is 12.1 Å². The van der Waals surface area contributed by atoms with Crippen LogP contribution >= 0.6 is 7.60 Å². The third-order valence-corrected chi connectivity index (χ3v) is 3.19. The summed E-state index contributed by atoms with van der Waals surface area (Å²) in [5, 5.41) is 11.4. The maximum Gasteiger partial charge on any atom is 0.325 e. The molecule has 1 heterocycles. The van der Waals surface area contributed by atoms with Crippen molar-refractivity contribution < 1.29 is 24.3 Å². The Hall–Kier alpha value is -0.420. The van der Waals surface area contributed by atoms with Crippen LogP contribution in [0.5, 0.6) is 0 Å². The maximum atomic E-state index is 10.6. The third kappa shape index (κ3) is 3.75. The normalized spacial score (nSPS) is 27.9. The highest BCUT2D eigenvalue weighted by atomic mass is 31.2. The first-order valence-corrected chi connectivity index (χ1v) is 6.19. The molecule has 0 spiro atoms. The number of rotatable bonds is 4. The van der Waals surface area contributed by atoms with Crippen molar-refractivity contribution in [2.24, 2.45) is 5.92 Å². The molecular formula is C7H14NO5P. The maximum absolute atomic E-state index is 10.6. The van der Waals surface area contributed by atoms with Crippen molar-refractivity contribution in [3.63, 3.8) is 0 Å². The predicted octanol–water partition coefficient (Wildman–Crippen LogP) is -0.383. The van der Waals surface area contributed by atoms with Crippen molar-refractivity contribution in [3.05, 3.63) is 0 Å². The zero-order valence-corrected chi connectivity index (χ0v) is 8.48. The van der Waals surface area contributed by atoms with Crippen molar-refractivity contribution in [2.75, 3.05) is 12.7 Å². The van der Waals surface area contributed by atoms with Crippen LogP contribution in [0.3, 0.4) is 0 Å². The second-order valence-electron chi connectivity index (χ2n) is 3.58. The Morgan fingerprint density at radius 1 is 1.50 bits per heavy atom. The highest BCUT2D eigenvalue weighted by Crippen LogP contribution is 2.37. The fraction of sp³-hybridized carbons (Fsp3) is 0.857. The molecule has 1 saturated heterocycles. The van der Waals surface area contributed by atoms with Gasteiger partial charge in [0.15, 0.2) is 0 Å². The molecule has 0 bridgehead atoms. The van der Waals surface area contributed by atoms with E-state index in [1.54, 1.807) is 0 Å². The molecule has 14 heavy (non-hydrogen) atoms. The summed E-state index contributed by atoms with van der Waals surface area (Å²) in [4.78, 5) is 27.8. The zero-order chi connectivity index (χ0) is 10.8. The van der Waals surface area contributed by atoms with E-state index in [9.17, 15) is 9.36 Å². The van der Waals surface area contributed by atoms with Gasteiger partial charge in [0.25, 0.3) is 0 Å². The molecule has 2 atom stereocenters. The van der Waals surface area contributed by atoms with Gasteiger partial charge in [-0.2, -0.15) is 0 Å². The molecule has 0 aromatic rings. The molecule has 1 aliphatic rings. The predicted molar refractivity (Wildman–Crippen MR) is 49.1 cm³/mol. The minimum Gasteiger partial charge on any atom is -0.480 e. The standard InChI is InChI=1S/C7H14NO5P/c9-7(10)6-3-5(4-8-6)1-2-14(11,12)13/h5-6,8H,1-4H2,(H,9,10)(H2,11,12,13). The minimum absolute atomic E-state index is 0.0590.